The molecule has 2 fully saturated rings. The van der Waals surface area contributed by atoms with Crippen LogP contribution < -0.4 is 0 Å². The van der Waals surface area contributed by atoms with Crippen LogP contribution in [0.3, 0.4) is 0 Å². The second-order valence-corrected chi connectivity index (χ2v) is 6.52. The van der Waals surface area contributed by atoms with Gasteiger partial charge in [-0.05, 0) is 30.9 Å². The molecule has 24 heavy (non-hydrogen) atoms. The lowest BCUT2D eigenvalue weighted by Crippen LogP contribution is -2.44. The molecule has 0 spiro atoms. The smallest absolute Gasteiger partial charge is 0.272 e. The first-order valence-electron chi connectivity index (χ1n) is 9.61. The predicted molar refractivity (Wildman–Crippen MR) is 101 cm³/mol. The molecule has 136 valence electrons. The fraction of sp³-hybridized carbons (Fsp3) is 0.700. The molecule has 0 N–H and O–H groups in total. The van der Waals surface area contributed by atoms with Gasteiger partial charge in [-0.15, -0.1) is 0 Å². The summed E-state index contributed by atoms with van der Waals surface area (Å²) in [5.41, 5.74) is 1.62. The van der Waals surface area contributed by atoms with E-state index in [1.807, 2.05) is 36.9 Å². The van der Waals surface area contributed by atoms with Gasteiger partial charge >= 0.3 is 0 Å². The summed E-state index contributed by atoms with van der Waals surface area (Å²) >= 11 is 0. The van der Waals surface area contributed by atoms with Crippen molar-refractivity contribution >= 4 is 5.91 Å². The first-order valence-corrected chi connectivity index (χ1v) is 9.61. The molecular formula is C20H35N3O. The maximum atomic E-state index is 12.3. The van der Waals surface area contributed by atoms with Gasteiger partial charge in [-0.2, -0.15) is 0 Å². The van der Waals surface area contributed by atoms with Gasteiger partial charge in [-0.3, -0.25) is 9.69 Å². The Morgan fingerprint density at radius 3 is 2.29 bits per heavy atom. The molecule has 1 aromatic heterocycles. The van der Waals surface area contributed by atoms with E-state index < -0.39 is 0 Å². The third kappa shape index (κ3) is 6.23. The SMILES string of the molecule is CC.CC1CN(Cc2cccc(C(=O)N3CCCC3)n2)C1.CCC. The Balaban J connectivity index is 0.000000521. The second-order valence-electron chi connectivity index (χ2n) is 6.52. The summed E-state index contributed by atoms with van der Waals surface area (Å²) < 4.78 is 0. The Kier molecular flexibility index (Phi) is 9.62. The van der Waals surface area contributed by atoms with E-state index in [1.165, 1.54) is 6.42 Å². The number of amides is 1. The molecule has 1 aromatic rings. The summed E-state index contributed by atoms with van der Waals surface area (Å²) in [7, 11) is 0. The Labute approximate surface area is 148 Å². The number of rotatable bonds is 3. The van der Waals surface area contributed by atoms with Crippen LogP contribution in [0.1, 0.15) is 70.1 Å². The Morgan fingerprint density at radius 1 is 1.17 bits per heavy atom. The highest BCUT2D eigenvalue weighted by atomic mass is 16.2. The summed E-state index contributed by atoms with van der Waals surface area (Å²) in [6, 6.07) is 5.81. The van der Waals surface area contributed by atoms with E-state index >= 15 is 0 Å². The normalized spacial score (nSPS) is 17.3. The zero-order valence-corrected chi connectivity index (χ0v) is 16.2. The Morgan fingerprint density at radius 2 is 1.75 bits per heavy atom. The standard InChI is InChI=1S/C15H21N3O.C3H8.C2H6/c1-12-9-17(10-12)11-13-5-4-6-14(16-13)15(19)18-7-2-3-8-18;1-3-2;1-2/h4-6,12H,2-3,7-11H2,1H3;3H2,1-2H3;1-2H3. The van der Waals surface area contributed by atoms with Crippen LogP contribution in [0.5, 0.6) is 0 Å². The van der Waals surface area contributed by atoms with Gasteiger partial charge in [0.25, 0.3) is 5.91 Å². The van der Waals surface area contributed by atoms with Crippen LogP contribution in [0.15, 0.2) is 18.2 Å². The lowest BCUT2D eigenvalue weighted by molar-refractivity contribution is 0.0784. The van der Waals surface area contributed by atoms with Crippen LogP contribution in [-0.2, 0) is 6.54 Å². The molecule has 2 saturated heterocycles. The fourth-order valence-electron chi connectivity index (χ4n) is 2.96. The van der Waals surface area contributed by atoms with Crippen molar-refractivity contribution in [3.05, 3.63) is 29.6 Å². The minimum atomic E-state index is 0.0938. The minimum Gasteiger partial charge on any atom is -0.337 e. The van der Waals surface area contributed by atoms with Crippen molar-refractivity contribution < 1.29 is 4.79 Å². The quantitative estimate of drug-likeness (QED) is 0.831. The molecule has 0 saturated carbocycles. The average Bonchev–Trinajstić information content (AvgIpc) is 3.10. The van der Waals surface area contributed by atoms with Gasteiger partial charge in [-0.25, -0.2) is 4.98 Å². The zero-order chi connectivity index (χ0) is 17.9. The Hall–Kier alpha value is -1.42. The molecule has 1 amide bonds. The number of likely N-dealkylation sites (tertiary alicyclic amines) is 2. The summed E-state index contributed by atoms with van der Waals surface area (Å²) in [5.74, 6) is 0.894. The molecule has 3 heterocycles. The number of carbonyl (C=O) groups excluding carboxylic acids is 1. The summed E-state index contributed by atoms with van der Waals surface area (Å²) in [5, 5.41) is 0. The lowest BCUT2D eigenvalue weighted by atomic mass is 10.0. The van der Waals surface area contributed by atoms with Crippen molar-refractivity contribution in [1.29, 1.82) is 0 Å². The molecule has 0 aliphatic carbocycles. The first kappa shape index (κ1) is 20.6. The highest BCUT2D eigenvalue weighted by Gasteiger charge is 2.24. The molecule has 0 radical (unpaired) electrons. The maximum absolute atomic E-state index is 12.3. The summed E-state index contributed by atoms with van der Waals surface area (Å²) in [4.78, 5) is 21.1. The predicted octanol–water partition coefficient (Wildman–Crippen LogP) is 4.21. The molecule has 0 aromatic carbocycles. The van der Waals surface area contributed by atoms with E-state index in [1.54, 1.807) is 0 Å². The second kappa shape index (κ2) is 11.2. The Bertz CT molecular complexity index is 478. The molecule has 3 rings (SSSR count). The van der Waals surface area contributed by atoms with Gasteiger partial charge < -0.3 is 4.90 Å². The number of carbonyl (C=O) groups is 1. The summed E-state index contributed by atoms with van der Waals surface area (Å²) in [6.07, 6.45) is 3.49. The van der Waals surface area contributed by atoms with E-state index in [2.05, 4.69) is 30.7 Å². The monoisotopic (exact) mass is 333 g/mol. The third-order valence-corrected chi connectivity index (χ3v) is 3.94. The minimum absolute atomic E-state index is 0.0938. The summed E-state index contributed by atoms with van der Waals surface area (Å²) in [6.45, 7) is 15.4. The number of hydrogen-bond acceptors (Lipinski definition) is 3. The number of nitrogens with zero attached hydrogens (tertiary/aromatic N) is 3. The van der Waals surface area contributed by atoms with Crippen LogP contribution in [0, 0.1) is 5.92 Å². The van der Waals surface area contributed by atoms with Crippen molar-refractivity contribution in [2.75, 3.05) is 26.2 Å². The van der Waals surface area contributed by atoms with Gasteiger partial charge in [0.05, 0.1) is 5.69 Å². The zero-order valence-electron chi connectivity index (χ0n) is 16.2. The molecule has 0 bridgehead atoms. The van der Waals surface area contributed by atoms with Crippen molar-refractivity contribution in [2.24, 2.45) is 5.92 Å². The molecule has 4 heteroatoms. The van der Waals surface area contributed by atoms with Gasteiger partial charge in [-0.1, -0.05) is 47.1 Å². The van der Waals surface area contributed by atoms with Crippen molar-refractivity contribution in [2.45, 2.75) is 60.4 Å². The first-order chi connectivity index (χ1) is 11.6. The van der Waals surface area contributed by atoms with Crippen LogP contribution >= 0.6 is 0 Å². The molecule has 2 aliphatic rings. The lowest BCUT2D eigenvalue weighted by Gasteiger charge is -2.36. The van der Waals surface area contributed by atoms with Gasteiger partial charge in [0.2, 0.25) is 0 Å². The van der Waals surface area contributed by atoms with Crippen LogP contribution in [0.2, 0.25) is 0 Å². The number of pyridine rings is 1. The topological polar surface area (TPSA) is 36.4 Å². The highest BCUT2D eigenvalue weighted by molar-refractivity contribution is 5.92. The molecule has 0 atom stereocenters. The molecule has 2 aliphatic heterocycles. The maximum Gasteiger partial charge on any atom is 0.272 e. The largest absolute Gasteiger partial charge is 0.337 e. The van der Waals surface area contributed by atoms with Gasteiger partial charge in [0, 0.05) is 32.7 Å². The van der Waals surface area contributed by atoms with Crippen molar-refractivity contribution in [3.63, 3.8) is 0 Å². The van der Waals surface area contributed by atoms with E-state index in [-0.39, 0.29) is 5.91 Å². The molecular weight excluding hydrogens is 298 g/mol. The van der Waals surface area contributed by atoms with E-state index in [9.17, 15) is 4.79 Å². The highest BCUT2D eigenvalue weighted by Crippen LogP contribution is 2.17. The third-order valence-electron chi connectivity index (χ3n) is 3.94. The average molecular weight is 334 g/mol. The van der Waals surface area contributed by atoms with Crippen LogP contribution in [0.4, 0.5) is 0 Å². The van der Waals surface area contributed by atoms with E-state index in [0.717, 1.165) is 57.2 Å². The molecule has 0 unspecified atom stereocenters. The van der Waals surface area contributed by atoms with Crippen LogP contribution in [0.25, 0.3) is 0 Å². The van der Waals surface area contributed by atoms with Crippen molar-refractivity contribution in [3.8, 4) is 0 Å². The fourth-order valence-corrected chi connectivity index (χ4v) is 2.96. The van der Waals surface area contributed by atoms with Gasteiger partial charge in [0.1, 0.15) is 5.69 Å². The van der Waals surface area contributed by atoms with Crippen LogP contribution in [-0.4, -0.2) is 46.9 Å². The number of aromatic nitrogens is 1. The van der Waals surface area contributed by atoms with Crippen molar-refractivity contribution in [1.82, 2.24) is 14.8 Å². The van der Waals surface area contributed by atoms with E-state index in [4.69, 9.17) is 0 Å². The molecule has 4 nitrogen and oxygen atoms in total. The van der Waals surface area contributed by atoms with Gasteiger partial charge in [0.15, 0.2) is 0 Å². The number of hydrogen-bond donors (Lipinski definition) is 0. The van der Waals surface area contributed by atoms with E-state index in [0.29, 0.717) is 5.69 Å².